The summed E-state index contributed by atoms with van der Waals surface area (Å²) < 4.78 is 5.75. The van der Waals surface area contributed by atoms with Crippen molar-refractivity contribution < 1.29 is 14.5 Å². The van der Waals surface area contributed by atoms with E-state index in [2.05, 4.69) is 4.90 Å². The highest BCUT2D eigenvalue weighted by Gasteiger charge is 2.34. The Kier molecular flexibility index (Phi) is 4.91. The Bertz CT molecular complexity index is 566. The molecule has 1 saturated heterocycles. The van der Waals surface area contributed by atoms with Gasteiger partial charge in [-0.25, -0.2) is 4.79 Å². The van der Waals surface area contributed by atoms with E-state index in [9.17, 15) is 14.9 Å². The molecule has 2 fully saturated rings. The smallest absolute Gasteiger partial charge is 0.338 e. The van der Waals surface area contributed by atoms with Gasteiger partial charge in [-0.1, -0.05) is 6.42 Å². The van der Waals surface area contributed by atoms with Gasteiger partial charge in [-0.3, -0.25) is 15.0 Å². The molecule has 2 aliphatic rings. The number of ether oxygens (including phenoxy) is 1. The third-order valence-electron chi connectivity index (χ3n) is 4.85. The lowest BCUT2D eigenvalue weighted by Gasteiger charge is -2.37. The summed E-state index contributed by atoms with van der Waals surface area (Å²) in [5, 5.41) is 10.7. The Balaban J connectivity index is 1.66. The van der Waals surface area contributed by atoms with Crippen molar-refractivity contribution in [2.45, 2.75) is 50.7 Å². The number of carbonyl (C=O) groups excluding carboxylic acids is 1. The van der Waals surface area contributed by atoms with Crippen LogP contribution in [0.5, 0.6) is 0 Å². The number of likely N-dealkylation sites (tertiary alicyclic amines) is 1. The number of rotatable bonds is 4. The fourth-order valence-corrected chi connectivity index (χ4v) is 3.63. The SMILES string of the molecule is O=C(O[C@@H]1CCCC[C@H]1N1CCCC1)c1ccc([N+](=O)[O-])cc1. The molecule has 1 saturated carbocycles. The second kappa shape index (κ2) is 7.08. The number of nitro benzene ring substituents is 1. The first-order chi connectivity index (χ1) is 11.1. The summed E-state index contributed by atoms with van der Waals surface area (Å²) in [5.74, 6) is -0.379. The number of nitrogens with zero attached hydrogens (tertiary/aromatic N) is 2. The van der Waals surface area contributed by atoms with Gasteiger partial charge in [-0.05, 0) is 57.3 Å². The first-order valence-corrected chi connectivity index (χ1v) is 8.34. The molecule has 3 rings (SSSR count). The monoisotopic (exact) mass is 318 g/mol. The molecule has 0 unspecified atom stereocenters. The van der Waals surface area contributed by atoms with Gasteiger partial charge >= 0.3 is 5.97 Å². The molecule has 0 spiro atoms. The molecule has 0 aromatic heterocycles. The van der Waals surface area contributed by atoms with Crippen LogP contribution in [0.4, 0.5) is 5.69 Å². The molecule has 0 N–H and O–H groups in total. The highest BCUT2D eigenvalue weighted by molar-refractivity contribution is 5.89. The van der Waals surface area contributed by atoms with Crippen molar-refractivity contribution in [3.63, 3.8) is 0 Å². The Morgan fingerprint density at radius 1 is 1.09 bits per heavy atom. The zero-order chi connectivity index (χ0) is 16.2. The molecule has 2 atom stereocenters. The van der Waals surface area contributed by atoms with Gasteiger partial charge in [-0.2, -0.15) is 0 Å². The van der Waals surface area contributed by atoms with Crippen molar-refractivity contribution in [3.05, 3.63) is 39.9 Å². The maximum absolute atomic E-state index is 12.3. The van der Waals surface area contributed by atoms with Crippen LogP contribution in [-0.4, -0.2) is 41.0 Å². The molecule has 6 nitrogen and oxygen atoms in total. The van der Waals surface area contributed by atoms with Crippen molar-refractivity contribution in [1.82, 2.24) is 4.90 Å². The molecule has 6 heteroatoms. The second-order valence-electron chi connectivity index (χ2n) is 6.34. The Labute approximate surface area is 135 Å². The number of benzene rings is 1. The van der Waals surface area contributed by atoms with Crippen molar-refractivity contribution in [3.8, 4) is 0 Å². The molecular weight excluding hydrogens is 296 g/mol. The largest absolute Gasteiger partial charge is 0.457 e. The van der Waals surface area contributed by atoms with E-state index in [4.69, 9.17) is 4.74 Å². The number of esters is 1. The van der Waals surface area contributed by atoms with Crippen LogP contribution < -0.4 is 0 Å². The maximum Gasteiger partial charge on any atom is 0.338 e. The van der Waals surface area contributed by atoms with Gasteiger partial charge in [0.1, 0.15) is 6.10 Å². The summed E-state index contributed by atoms with van der Waals surface area (Å²) in [6, 6.07) is 5.95. The zero-order valence-corrected chi connectivity index (χ0v) is 13.1. The van der Waals surface area contributed by atoms with E-state index < -0.39 is 4.92 Å². The van der Waals surface area contributed by atoms with Crippen LogP contribution in [0.25, 0.3) is 0 Å². The van der Waals surface area contributed by atoms with E-state index in [0.717, 1.165) is 32.4 Å². The Hall–Kier alpha value is -1.95. The minimum absolute atomic E-state index is 0.0193. The molecule has 1 aliphatic carbocycles. The molecule has 124 valence electrons. The van der Waals surface area contributed by atoms with Crippen LogP contribution in [0.15, 0.2) is 24.3 Å². The van der Waals surface area contributed by atoms with Crippen LogP contribution in [-0.2, 0) is 4.74 Å². The van der Waals surface area contributed by atoms with E-state index in [1.807, 2.05) is 0 Å². The average molecular weight is 318 g/mol. The average Bonchev–Trinajstić information content (AvgIpc) is 3.09. The van der Waals surface area contributed by atoms with Gasteiger partial charge in [0.2, 0.25) is 0 Å². The number of hydrogen-bond acceptors (Lipinski definition) is 5. The van der Waals surface area contributed by atoms with Gasteiger partial charge < -0.3 is 4.74 Å². The highest BCUT2D eigenvalue weighted by atomic mass is 16.6. The Morgan fingerprint density at radius 3 is 2.39 bits per heavy atom. The van der Waals surface area contributed by atoms with Gasteiger partial charge in [0.05, 0.1) is 10.5 Å². The number of nitro groups is 1. The molecule has 0 amide bonds. The molecule has 0 bridgehead atoms. The molecule has 1 heterocycles. The summed E-state index contributed by atoms with van der Waals surface area (Å²) in [4.78, 5) is 25.0. The van der Waals surface area contributed by atoms with Crippen LogP contribution >= 0.6 is 0 Å². The standard InChI is InChI=1S/C17H22N2O4/c20-17(13-7-9-14(10-8-13)19(21)22)23-16-6-2-1-5-15(16)18-11-3-4-12-18/h7-10,15-16H,1-6,11-12H2/t15-,16-/m1/s1. The number of hydrogen-bond donors (Lipinski definition) is 0. The topological polar surface area (TPSA) is 72.7 Å². The second-order valence-corrected chi connectivity index (χ2v) is 6.34. The maximum atomic E-state index is 12.3. The van der Waals surface area contributed by atoms with Gasteiger partial charge in [0.25, 0.3) is 5.69 Å². The van der Waals surface area contributed by atoms with Crippen LogP contribution in [0, 0.1) is 10.1 Å². The van der Waals surface area contributed by atoms with Crippen LogP contribution in [0.2, 0.25) is 0 Å². The van der Waals surface area contributed by atoms with E-state index in [-0.39, 0.29) is 17.8 Å². The highest BCUT2D eigenvalue weighted by Crippen LogP contribution is 2.29. The predicted octanol–water partition coefficient (Wildman–Crippen LogP) is 3.16. The fourth-order valence-electron chi connectivity index (χ4n) is 3.63. The summed E-state index contributed by atoms with van der Waals surface area (Å²) in [5.41, 5.74) is 0.357. The zero-order valence-electron chi connectivity index (χ0n) is 13.1. The number of non-ortho nitro benzene ring substituents is 1. The predicted molar refractivity (Wildman–Crippen MR) is 85.4 cm³/mol. The molecule has 1 aromatic rings. The molecule has 1 aliphatic heterocycles. The lowest BCUT2D eigenvalue weighted by Crippen LogP contribution is -2.46. The molecular formula is C17H22N2O4. The van der Waals surface area contributed by atoms with Gasteiger partial charge in [0.15, 0.2) is 0 Å². The molecule has 23 heavy (non-hydrogen) atoms. The normalized spacial score (nSPS) is 25.2. The van der Waals surface area contributed by atoms with E-state index in [1.165, 1.54) is 43.5 Å². The van der Waals surface area contributed by atoms with Crippen molar-refractivity contribution in [2.24, 2.45) is 0 Å². The van der Waals surface area contributed by atoms with E-state index >= 15 is 0 Å². The third-order valence-corrected chi connectivity index (χ3v) is 4.85. The summed E-state index contributed by atoms with van der Waals surface area (Å²) in [6.07, 6.45) is 6.64. The van der Waals surface area contributed by atoms with Crippen LogP contribution in [0.3, 0.4) is 0 Å². The first kappa shape index (κ1) is 15.9. The van der Waals surface area contributed by atoms with Crippen molar-refractivity contribution >= 4 is 11.7 Å². The lowest BCUT2D eigenvalue weighted by atomic mass is 9.91. The number of carbonyl (C=O) groups is 1. The minimum atomic E-state index is -0.473. The molecule has 1 aromatic carbocycles. The fraction of sp³-hybridized carbons (Fsp3) is 0.588. The Morgan fingerprint density at radius 2 is 1.74 bits per heavy atom. The first-order valence-electron chi connectivity index (χ1n) is 8.34. The van der Waals surface area contributed by atoms with Gasteiger partial charge in [0, 0.05) is 18.2 Å². The van der Waals surface area contributed by atoms with E-state index in [0.29, 0.717) is 11.6 Å². The summed E-state index contributed by atoms with van der Waals surface area (Å²) in [6.45, 7) is 2.19. The quantitative estimate of drug-likeness (QED) is 0.484. The molecule has 0 radical (unpaired) electrons. The lowest BCUT2D eigenvalue weighted by molar-refractivity contribution is -0.384. The minimum Gasteiger partial charge on any atom is -0.457 e. The van der Waals surface area contributed by atoms with Crippen LogP contribution in [0.1, 0.15) is 48.9 Å². The van der Waals surface area contributed by atoms with Gasteiger partial charge in [-0.15, -0.1) is 0 Å². The summed E-state index contributed by atoms with van der Waals surface area (Å²) in [7, 11) is 0. The summed E-state index contributed by atoms with van der Waals surface area (Å²) >= 11 is 0. The third kappa shape index (κ3) is 3.69. The van der Waals surface area contributed by atoms with Crippen molar-refractivity contribution in [1.29, 1.82) is 0 Å². The van der Waals surface area contributed by atoms with E-state index in [1.54, 1.807) is 0 Å². The van der Waals surface area contributed by atoms with Crippen molar-refractivity contribution in [2.75, 3.05) is 13.1 Å².